The first-order valence-electron chi connectivity index (χ1n) is 12.4. The van der Waals surface area contributed by atoms with Crippen molar-refractivity contribution >= 4 is 11.8 Å². The number of benzene rings is 2. The molecule has 0 spiro atoms. The number of likely N-dealkylation sites (tertiary alicyclic amines) is 1. The number of carbonyl (C=O) groups excluding carboxylic acids is 2. The molecule has 4 rings (SSSR count). The summed E-state index contributed by atoms with van der Waals surface area (Å²) >= 11 is 0. The van der Waals surface area contributed by atoms with Crippen LogP contribution >= 0.6 is 0 Å². The zero-order chi connectivity index (χ0) is 26.9. The van der Waals surface area contributed by atoms with E-state index in [1.807, 2.05) is 13.8 Å². The van der Waals surface area contributed by atoms with Gasteiger partial charge in [-0.2, -0.15) is 0 Å². The zero-order valence-electron chi connectivity index (χ0n) is 21.2. The number of carbonyl (C=O) groups is 2. The Hall–Kier alpha value is -3.62. The fourth-order valence-corrected chi connectivity index (χ4v) is 4.87. The second-order valence-corrected chi connectivity index (χ2v) is 9.85. The van der Waals surface area contributed by atoms with Crippen LogP contribution in [0.5, 0.6) is 0 Å². The van der Waals surface area contributed by atoms with E-state index in [1.165, 1.54) is 12.1 Å². The highest BCUT2D eigenvalue weighted by Gasteiger charge is 2.40. The van der Waals surface area contributed by atoms with Crippen molar-refractivity contribution in [1.82, 2.24) is 15.4 Å². The fourth-order valence-electron chi connectivity index (χ4n) is 4.87. The molecule has 0 aliphatic carbocycles. The Morgan fingerprint density at radius 1 is 1.05 bits per heavy atom. The van der Waals surface area contributed by atoms with Crippen LogP contribution in [-0.2, 0) is 9.59 Å². The maximum atomic E-state index is 14.2. The van der Waals surface area contributed by atoms with Crippen LogP contribution in [0.25, 0.3) is 11.1 Å². The molecule has 0 bridgehead atoms. The van der Waals surface area contributed by atoms with Crippen LogP contribution in [0.4, 0.5) is 13.2 Å². The van der Waals surface area contributed by atoms with Gasteiger partial charge < -0.3 is 14.7 Å². The lowest BCUT2D eigenvalue weighted by Gasteiger charge is -2.29. The van der Waals surface area contributed by atoms with Crippen LogP contribution < -0.4 is 5.32 Å². The Kier molecular flexibility index (Phi) is 7.71. The van der Waals surface area contributed by atoms with Crippen molar-refractivity contribution < 1.29 is 27.3 Å². The van der Waals surface area contributed by atoms with Crippen molar-refractivity contribution in [3.63, 3.8) is 0 Å². The van der Waals surface area contributed by atoms with E-state index >= 15 is 0 Å². The van der Waals surface area contributed by atoms with Crippen molar-refractivity contribution in [2.75, 3.05) is 6.54 Å². The first-order chi connectivity index (χ1) is 17.6. The number of amides is 2. The molecule has 1 aromatic heterocycles. The monoisotopic (exact) mass is 513 g/mol. The molecule has 0 radical (unpaired) electrons. The summed E-state index contributed by atoms with van der Waals surface area (Å²) in [7, 11) is 0. The molecule has 3 atom stereocenters. The highest BCUT2D eigenvalue weighted by Crippen LogP contribution is 2.32. The van der Waals surface area contributed by atoms with Crippen molar-refractivity contribution in [3.8, 4) is 11.1 Å². The average molecular weight is 514 g/mol. The van der Waals surface area contributed by atoms with Gasteiger partial charge in [0.2, 0.25) is 11.8 Å². The van der Waals surface area contributed by atoms with Gasteiger partial charge in [0.25, 0.3) is 0 Å². The SMILES string of the molecule is Cc1cc(C(C(=O)N2CCCC2C(=O)NC(C)c2ccc(-c3c(F)ccc(F)c3F)cc2)C(C)C)on1. The van der Waals surface area contributed by atoms with Gasteiger partial charge in [0.1, 0.15) is 23.5 Å². The molecule has 0 saturated carbocycles. The maximum absolute atomic E-state index is 14.2. The number of nitrogens with zero attached hydrogens (tertiary/aromatic N) is 2. The number of rotatable bonds is 7. The molecular weight excluding hydrogens is 483 g/mol. The normalized spacial score (nSPS) is 17.2. The Morgan fingerprint density at radius 2 is 1.73 bits per heavy atom. The second-order valence-electron chi connectivity index (χ2n) is 9.85. The molecule has 196 valence electrons. The third-order valence-corrected chi connectivity index (χ3v) is 6.83. The number of hydrogen-bond donors (Lipinski definition) is 1. The van der Waals surface area contributed by atoms with Crippen molar-refractivity contribution in [3.05, 3.63) is 76.9 Å². The average Bonchev–Trinajstić information content (AvgIpc) is 3.51. The van der Waals surface area contributed by atoms with Gasteiger partial charge in [0.15, 0.2) is 11.6 Å². The summed E-state index contributed by atoms with van der Waals surface area (Å²) in [5.74, 6) is -3.78. The molecule has 1 N–H and O–H groups in total. The van der Waals surface area contributed by atoms with E-state index < -0.39 is 41.0 Å². The predicted octanol–water partition coefficient (Wildman–Crippen LogP) is 5.68. The number of aryl methyl sites for hydroxylation is 1. The molecule has 1 aliphatic heterocycles. The van der Waals surface area contributed by atoms with Crippen LogP contribution in [0.1, 0.15) is 62.6 Å². The summed E-state index contributed by atoms with van der Waals surface area (Å²) in [4.78, 5) is 28.3. The van der Waals surface area contributed by atoms with E-state index in [-0.39, 0.29) is 23.3 Å². The van der Waals surface area contributed by atoms with E-state index in [0.717, 1.165) is 12.1 Å². The summed E-state index contributed by atoms with van der Waals surface area (Å²) in [5, 5.41) is 6.86. The fraction of sp³-hybridized carbons (Fsp3) is 0.393. The van der Waals surface area contributed by atoms with Gasteiger partial charge >= 0.3 is 0 Å². The highest BCUT2D eigenvalue weighted by atomic mass is 19.2. The van der Waals surface area contributed by atoms with E-state index in [2.05, 4.69) is 10.5 Å². The smallest absolute Gasteiger partial charge is 0.243 e. The number of nitrogens with one attached hydrogen (secondary N) is 1. The molecule has 2 amide bonds. The number of halogens is 3. The minimum Gasteiger partial charge on any atom is -0.360 e. The first kappa shape index (κ1) is 26.4. The van der Waals surface area contributed by atoms with Crippen molar-refractivity contribution in [1.29, 1.82) is 0 Å². The molecule has 2 heterocycles. The van der Waals surface area contributed by atoms with Gasteiger partial charge in [-0.15, -0.1) is 0 Å². The third-order valence-electron chi connectivity index (χ3n) is 6.83. The summed E-state index contributed by atoms with van der Waals surface area (Å²) in [6, 6.07) is 8.55. The van der Waals surface area contributed by atoms with Gasteiger partial charge in [-0.25, -0.2) is 13.2 Å². The Labute approximate surface area is 213 Å². The molecule has 9 heteroatoms. The van der Waals surface area contributed by atoms with Crippen molar-refractivity contribution in [2.45, 2.75) is 58.5 Å². The lowest BCUT2D eigenvalue weighted by Crippen LogP contribution is -2.48. The summed E-state index contributed by atoms with van der Waals surface area (Å²) in [5.41, 5.74) is 1.13. The molecule has 3 aromatic rings. The van der Waals surface area contributed by atoms with Crippen LogP contribution in [0.15, 0.2) is 47.0 Å². The van der Waals surface area contributed by atoms with Gasteiger partial charge in [-0.05, 0) is 55.9 Å². The van der Waals surface area contributed by atoms with Gasteiger partial charge in [-0.1, -0.05) is 43.3 Å². The summed E-state index contributed by atoms with van der Waals surface area (Å²) < 4.78 is 47.3. The first-order valence-corrected chi connectivity index (χ1v) is 12.4. The van der Waals surface area contributed by atoms with E-state index in [4.69, 9.17) is 4.52 Å². The molecule has 1 fully saturated rings. The van der Waals surface area contributed by atoms with E-state index in [1.54, 1.807) is 36.9 Å². The second kappa shape index (κ2) is 10.8. The number of hydrogen-bond acceptors (Lipinski definition) is 4. The molecule has 1 aliphatic rings. The lowest BCUT2D eigenvalue weighted by atomic mass is 9.91. The molecular formula is C28H30F3N3O3. The van der Waals surface area contributed by atoms with Gasteiger partial charge in [0, 0.05) is 12.6 Å². The maximum Gasteiger partial charge on any atom is 0.243 e. The highest BCUT2D eigenvalue weighted by molar-refractivity contribution is 5.91. The standard InChI is InChI=1S/C28H30F3N3O3/c1-15(2)24(23-14-16(3)33-37-23)28(36)34-13-5-6-22(34)27(35)32-17(4)18-7-9-19(10-8-18)25-20(29)11-12-21(30)26(25)31/h7-12,14-15,17,22,24H,5-6,13H2,1-4H3,(H,32,35). The minimum atomic E-state index is -1.25. The zero-order valence-corrected chi connectivity index (χ0v) is 21.2. The lowest BCUT2D eigenvalue weighted by molar-refractivity contribution is -0.141. The summed E-state index contributed by atoms with van der Waals surface area (Å²) in [6.45, 7) is 7.91. The molecule has 37 heavy (non-hydrogen) atoms. The topological polar surface area (TPSA) is 75.4 Å². The molecule has 2 aromatic carbocycles. The Morgan fingerprint density at radius 3 is 2.35 bits per heavy atom. The van der Waals surface area contributed by atoms with Gasteiger partial charge in [0.05, 0.1) is 17.3 Å². The molecule has 1 saturated heterocycles. The van der Waals surface area contributed by atoms with Crippen LogP contribution in [0.2, 0.25) is 0 Å². The van der Waals surface area contributed by atoms with Crippen LogP contribution in [0, 0.1) is 30.3 Å². The van der Waals surface area contributed by atoms with E-state index in [0.29, 0.717) is 36.4 Å². The molecule has 3 unspecified atom stereocenters. The van der Waals surface area contributed by atoms with Crippen LogP contribution in [0.3, 0.4) is 0 Å². The largest absolute Gasteiger partial charge is 0.360 e. The van der Waals surface area contributed by atoms with Gasteiger partial charge in [-0.3, -0.25) is 9.59 Å². The predicted molar refractivity (Wildman–Crippen MR) is 132 cm³/mol. The van der Waals surface area contributed by atoms with E-state index in [9.17, 15) is 22.8 Å². The Balaban J connectivity index is 1.47. The minimum absolute atomic E-state index is 0.0469. The molecule has 6 nitrogen and oxygen atoms in total. The summed E-state index contributed by atoms with van der Waals surface area (Å²) in [6.07, 6.45) is 1.25. The number of aromatic nitrogens is 1. The van der Waals surface area contributed by atoms with Crippen LogP contribution in [-0.4, -0.2) is 34.5 Å². The quantitative estimate of drug-likeness (QED) is 0.413. The third kappa shape index (κ3) is 5.40. The van der Waals surface area contributed by atoms with Crippen molar-refractivity contribution in [2.24, 2.45) is 5.92 Å². The Bertz CT molecular complexity index is 1290.